The summed E-state index contributed by atoms with van der Waals surface area (Å²) in [4.78, 5) is 24.7. The quantitative estimate of drug-likeness (QED) is 0.484. The van der Waals surface area contributed by atoms with Gasteiger partial charge in [-0.1, -0.05) is 0 Å². The molecule has 0 unspecified atom stereocenters. The third-order valence-corrected chi connectivity index (χ3v) is 2.91. The second-order valence-corrected chi connectivity index (χ2v) is 4.24. The van der Waals surface area contributed by atoms with Gasteiger partial charge in [0.1, 0.15) is 0 Å². The van der Waals surface area contributed by atoms with Crippen molar-refractivity contribution >= 4 is 11.9 Å². The summed E-state index contributed by atoms with van der Waals surface area (Å²) in [5.41, 5.74) is 0.304. The Labute approximate surface area is 120 Å². The topological polar surface area (TPSA) is 76.1 Å². The van der Waals surface area contributed by atoms with Gasteiger partial charge in [0.05, 0.1) is 13.2 Å². The number of carboxylic acids is 1. The number of nitrogens with zero attached hydrogens (tertiary/aromatic N) is 1. The summed E-state index contributed by atoms with van der Waals surface area (Å²) < 4.78 is 10.5. The maximum atomic E-state index is 12.3. The Balaban J connectivity index is 4.76. The molecular formula is C14H25NO5. The van der Waals surface area contributed by atoms with Gasteiger partial charge in [-0.3, -0.25) is 4.79 Å². The highest BCUT2D eigenvalue weighted by atomic mass is 16.5. The van der Waals surface area contributed by atoms with Crippen molar-refractivity contribution < 1.29 is 24.2 Å². The van der Waals surface area contributed by atoms with Crippen molar-refractivity contribution in [2.75, 3.05) is 39.5 Å². The van der Waals surface area contributed by atoms with Crippen molar-refractivity contribution in [3.63, 3.8) is 0 Å². The Bertz CT molecular complexity index is 341. The summed E-state index contributed by atoms with van der Waals surface area (Å²) in [6, 6.07) is 0. The summed E-state index contributed by atoms with van der Waals surface area (Å²) in [5, 5.41) is 8.93. The molecule has 0 rings (SSSR count). The summed E-state index contributed by atoms with van der Waals surface area (Å²) in [5.74, 6) is -1.37. The minimum Gasteiger partial charge on any atom is -0.478 e. The van der Waals surface area contributed by atoms with E-state index in [0.717, 1.165) is 0 Å². The normalized spacial score (nSPS) is 12.0. The number of carbonyl (C=O) groups is 2. The molecule has 0 aliphatic carbocycles. The Kier molecular flexibility index (Phi) is 9.67. The van der Waals surface area contributed by atoms with Crippen LogP contribution in [0.3, 0.4) is 0 Å². The van der Waals surface area contributed by atoms with Crippen molar-refractivity contribution in [3.8, 4) is 0 Å². The third-order valence-electron chi connectivity index (χ3n) is 2.91. The molecule has 20 heavy (non-hydrogen) atoms. The fourth-order valence-corrected chi connectivity index (χ4v) is 1.51. The molecule has 116 valence electrons. The molecule has 0 bridgehead atoms. The van der Waals surface area contributed by atoms with Gasteiger partial charge in [0.2, 0.25) is 5.91 Å². The molecule has 0 spiro atoms. The van der Waals surface area contributed by atoms with Crippen molar-refractivity contribution in [2.45, 2.75) is 27.7 Å². The highest BCUT2D eigenvalue weighted by Gasteiger charge is 2.19. The van der Waals surface area contributed by atoms with E-state index in [1.807, 2.05) is 13.8 Å². The van der Waals surface area contributed by atoms with Gasteiger partial charge in [-0.15, -0.1) is 0 Å². The zero-order valence-electron chi connectivity index (χ0n) is 12.8. The zero-order chi connectivity index (χ0) is 15.5. The van der Waals surface area contributed by atoms with Gasteiger partial charge in [0, 0.05) is 37.4 Å². The Morgan fingerprint density at radius 2 is 1.40 bits per heavy atom. The lowest BCUT2D eigenvalue weighted by Gasteiger charge is -2.23. The van der Waals surface area contributed by atoms with E-state index >= 15 is 0 Å². The maximum absolute atomic E-state index is 12.3. The number of hydrogen-bond donors (Lipinski definition) is 1. The molecule has 0 radical (unpaired) electrons. The van der Waals surface area contributed by atoms with Crippen molar-refractivity contribution in [1.29, 1.82) is 0 Å². The van der Waals surface area contributed by atoms with Crippen LogP contribution in [-0.2, 0) is 19.1 Å². The molecular weight excluding hydrogens is 262 g/mol. The molecule has 0 aliphatic rings. The van der Waals surface area contributed by atoms with Crippen LogP contribution in [-0.4, -0.2) is 61.4 Å². The lowest BCUT2D eigenvalue weighted by molar-refractivity contribution is -0.134. The average Bonchev–Trinajstić information content (AvgIpc) is 2.43. The van der Waals surface area contributed by atoms with Gasteiger partial charge in [0.15, 0.2) is 0 Å². The van der Waals surface area contributed by atoms with Gasteiger partial charge >= 0.3 is 5.97 Å². The first-order valence-electron chi connectivity index (χ1n) is 6.81. The summed E-state index contributed by atoms with van der Waals surface area (Å²) in [6.07, 6.45) is 0. The molecule has 0 fully saturated rings. The number of amides is 1. The molecule has 6 heteroatoms. The van der Waals surface area contributed by atoms with Crippen molar-refractivity contribution in [1.82, 2.24) is 4.90 Å². The minimum atomic E-state index is -1.08. The Hall–Kier alpha value is -1.40. The maximum Gasteiger partial charge on any atom is 0.331 e. The fraction of sp³-hybridized carbons (Fsp3) is 0.714. The lowest BCUT2D eigenvalue weighted by atomic mass is 10.1. The summed E-state index contributed by atoms with van der Waals surface area (Å²) in [7, 11) is 0. The molecule has 0 saturated carbocycles. The second kappa shape index (κ2) is 10.4. The predicted molar refractivity (Wildman–Crippen MR) is 75.6 cm³/mol. The van der Waals surface area contributed by atoms with Crippen molar-refractivity contribution in [2.24, 2.45) is 0 Å². The van der Waals surface area contributed by atoms with Gasteiger partial charge in [-0.05, 0) is 27.7 Å². The van der Waals surface area contributed by atoms with Crippen LogP contribution in [0, 0.1) is 0 Å². The van der Waals surface area contributed by atoms with E-state index in [2.05, 4.69) is 0 Å². The van der Waals surface area contributed by atoms with E-state index in [-0.39, 0.29) is 17.1 Å². The van der Waals surface area contributed by atoms with E-state index in [9.17, 15) is 9.59 Å². The molecule has 0 aromatic rings. The molecule has 0 heterocycles. The zero-order valence-corrected chi connectivity index (χ0v) is 12.8. The standard InChI is InChI=1S/C14H25NO5/c1-5-19-9-7-15(8-10-20-6-2)13(16)11(3)12(4)14(17)18/h5-10H2,1-4H3,(H,17,18). The van der Waals surface area contributed by atoms with E-state index in [4.69, 9.17) is 14.6 Å². The van der Waals surface area contributed by atoms with E-state index in [1.54, 1.807) is 4.90 Å². The fourth-order valence-electron chi connectivity index (χ4n) is 1.51. The predicted octanol–water partition coefficient (Wildman–Crippen LogP) is 1.31. The monoisotopic (exact) mass is 287 g/mol. The van der Waals surface area contributed by atoms with Crippen LogP contribution < -0.4 is 0 Å². The van der Waals surface area contributed by atoms with Crippen molar-refractivity contribution in [3.05, 3.63) is 11.1 Å². The second-order valence-electron chi connectivity index (χ2n) is 4.24. The molecule has 0 atom stereocenters. The van der Waals surface area contributed by atoms with Gasteiger partial charge < -0.3 is 19.5 Å². The van der Waals surface area contributed by atoms with Crippen LogP contribution in [0.15, 0.2) is 11.1 Å². The van der Waals surface area contributed by atoms with Crippen LogP contribution in [0.5, 0.6) is 0 Å². The molecule has 0 aliphatic heterocycles. The number of aliphatic carboxylic acids is 1. The first-order valence-corrected chi connectivity index (χ1v) is 6.81. The average molecular weight is 287 g/mol. The molecule has 0 saturated heterocycles. The lowest BCUT2D eigenvalue weighted by Crippen LogP contribution is -2.37. The molecule has 1 N–H and O–H groups in total. The summed E-state index contributed by atoms with van der Waals surface area (Å²) >= 11 is 0. The first kappa shape index (κ1) is 18.6. The highest BCUT2D eigenvalue weighted by Crippen LogP contribution is 2.08. The number of carboxylic acid groups (broad SMARTS) is 1. The smallest absolute Gasteiger partial charge is 0.331 e. The molecule has 6 nitrogen and oxygen atoms in total. The molecule has 0 aromatic heterocycles. The first-order chi connectivity index (χ1) is 9.45. The third kappa shape index (κ3) is 6.68. The molecule has 1 amide bonds. The van der Waals surface area contributed by atoms with Crippen LogP contribution in [0.1, 0.15) is 27.7 Å². The van der Waals surface area contributed by atoms with Gasteiger partial charge in [-0.2, -0.15) is 0 Å². The number of ether oxygens (including phenoxy) is 2. The van der Waals surface area contributed by atoms with E-state index in [1.165, 1.54) is 13.8 Å². The van der Waals surface area contributed by atoms with Gasteiger partial charge in [0.25, 0.3) is 0 Å². The SMILES string of the molecule is CCOCCN(CCOCC)C(=O)C(C)=C(C)C(=O)O. The number of carbonyl (C=O) groups excluding carboxylic acids is 1. The van der Waals surface area contributed by atoms with E-state index < -0.39 is 5.97 Å². The number of rotatable bonds is 10. The highest BCUT2D eigenvalue weighted by molar-refractivity contribution is 6.01. The van der Waals surface area contributed by atoms with Crippen LogP contribution in [0.25, 0.3) is 0 Å². The van der Waals surface area contributed by atoms with Crippen LogP contribution in [0.4, 0.5) is 0 Å². The Morgan fingerprint density at radius 1 is 0.950 bits per heavy atom. The van der Waals surface area contributed by atoms with Crippen LogP contribution in [0.2, 0.25) is 0 Å². The number of hydrogen-bond acceptors (Lipinski definition) is 4. The van der Waals surface area contributed by atoms with Gasteiger partial charge in [-0.25, -0.2) is 4.79 Å². The Morgan fingerprint density at radius 3 is 1.75 bits per heavy atom. The van der Waals surface area contributed by atoms with Crippen LogP contribution >= 0.6 is 0 Å². The molecule has 0 aromatic carbocycles. The minimum absolute atomic E-state index is 0.0628. The van der Waals surface area contributed by atoms with E-state index in [0.29, 0.717) is 39.5 Å². The summed E-state index contributed by atoms with van der Waals surface area (Å²) in [6.45, 7) is 9.57. The largest absolute Gasteiger partial charge is 0.478 e.